The van der Waals surface area contributed by atoms with Gasteiger partial charge in [0, 0.05) is 16.8 Å². The lowest BCUT2D eigenvalue weighted by Crippen LogP contribution is -2.36. The summed E-state index contributed by atoms with van der Waals surface area (Å²) in [7, 11) is 0. The fourth-order valence-electron chi connectivity index (χ4n) is 2.29. The van der Waals surface area contributed by atoms with E-state index in [1.807, 2.05) is 4.98 Å². The molecule has 3 rings (SSSR count). The largest absolute Gasteiger partial charge is 0.459 e. The van der Waals surface area contributed by atoms with Crippen molar-refractivity contribution in [3.63, 3.8) is 0 Å². The van der Waals surface area contributed by atoms with E-state index in [2.05, 4.69) is 15.2 Å². The highest BCUT2D eigenvalue weighted by atomic mass is 35.5. The fraction of sp³-hybridized carbons (Fsp3) is 0.188. The second kappa shape index (κ2) is 7.63. The predicted octanol–water partition coefficient (Wildman–Crippen LogP) is 5.20. The maximum absolute atomic E-state index is 14.1. The Balaban J connectivity index is 2.19. The number of hydrogen-bond acceptors (Lipinski definition) is 4. The summed E-state index contributed by atoms with van der Waals surface area (Å²) in [6.07, 6.45) is -8.09. The molecule has 6 nitrogen and oxygen atoms in total. The molecule has 0 atom stereocenters. The fourth-order valence-corrected chi connectivity index (χ4v) is 2.49. The molecule has 0 aliphatic carbocycles. The van der Waals surface area contributed by atoms with Crippen molar-refractivity contribution in [3.8, 4) is 23.0 Å². The lowest BCUT2D eigenvalue weighted by atomic mass is 10.2. The van der Waals surface area contributed by atoms with E-state index in [9.17, 15) is 35.5 Å². The number of nitrogens with one attached hydrogen (secondary N) is 2. The molecule has 14 heteroatoms. The van der Waals surface area contributed by atoms with Crippen molar-refractivity contribution in [1.82, 2.24) is 20.2 Å². The number of aromatic amines is 2. The molecule has 30 heavy (non-hydrogen) atoms. The van der Waals surface area contributed by atoms with Crippen molar-refractivity contribution < 1.29 is 35.5 Å². The van der Waals surface area contributed by atoms with Crippen LogP contribution in [0.3, 0.4) is 0 Å². The number of nitrogens with zero attached hydrogens (tertiary/aromatic N) is 2. The molecule has 2 heterocycles. The number of hydrogen-bond donors (Lipinski definition) is 2. The van der Waals surface area contributed by atoms with Crippen LogP contribution in [0.15, 0.2) is 35.3 Å². The summed E-state index contributed by atoms with van der Waals surface area (Å²) in [4.78, 5) is 17.5. The molecule has 2 aromatic heterocycles. The van der Waals surface area contributed by atoms with Crippen molar-refractivity contribution in [2.75, 3.05) is 0 Å². The summed E-state index contributed by atoms with van der Waals surface area (Å²) in [5.41, 5.74) is -4.51. The monoisotopic (exact) mass is 456 g/mol. The summed E-state index contributed by atoms with van der Waals surface area (Å²) < 4.78 is 97.9. The lowest BCUT2D eigenvalue weighted by Gasteiger charge is -2.21. The van der Waals surface area contributed by atoms with Gasteiger partial charge in [-0.15, -0.1) is 0 Å². The molecule has 3 aromatic rings. The highest BCUT2D eigenvalue weighted by Gasteiger charge is 2.62. The number of H-pyrrole nitrogens is 2. The maximum atomic E-state index is 14.1. The molecular weight excluding hydrogens is 449 g/mol. The zero-order valence-corrected chi connectivity index (χ0v) is 15.0. The van der Waals surface area contributed by atoms with E-state index in [0.29, 0.717) is 6.07 Å². The molecule has 0 aliphatic heterocycles. The van der Waals surface area contributed by atoms with E-state index in [1.54, 1.807) is 0 Å². The van der Waals surface area contributed by atoms with Gasteiger partial charge in [0.15, 0.2) is 11.5 Å². The molecule has 0 radical (unpaired) electrons. The van der Waals surface area contributed by atoms with Crippen LogP contribution in [0.2, 0.25) is 5.02 Å². The summed E-state index contributed by atoms with van der Waals surface area (Å²) in [6.45, 7) is 0. The van der Waals surface area contributed by atoms with E-state index in [0.717, 1.165) is 24.4 Å². The van der Waals surface area contributed by atoms with Crippen LogP contribution in [0.1, 0.15) is 17.7 Å². The number of aromatic nitrogens is 4. The average molecular weight is 457 g/mol. The summed E-state index contributed by atoms with van der Waals surface area (Å²) >= 11 is 5.57. The second-order valence-corrected chi connectivity index (χ2v) is 6.13. The average Bonchev–Trinajstić information content (AvgIpc) is 3.18. The van der Waals surface area contributed by atoms with Gasteiger partial charge in [-0.3, -0.25) is 9.89 Å². The Morgan fingerprint density at radius 3 is 2.37 bits per heavy atom. The molecule has 0 spiro atoms. The quantitative estimate of drug-likeness (QED) is 0.517. The Labute approximate surface area is 166 Å². The highest BCUT2D eigenvalue weighted by Crippen LogP contribution is 2.46. The van der Waals surface area contributed by atoms with Crippen LogP contribution in [0.25, 0.3) is 11.5 Å². The van der Waals surface area contributed by atoms with Crippen LogP contribution in [0, 0.1) is 0 Å². The molecule has 0 fully saturated rings. The predicted molar refractivity (Wildman–Crippen MR) is 88.9 cm³/mol. The first kappa shape index (κ1) is 21.6. The van der Waals surface area contributed by atoms with Gasteiger partial charge < -0.3 is 9.72 Å². The Hall–Kier alpha value is -3.09. The van der Waals surface area contributed by atoms with Crippen molar-refractivity contribution in [2.24, 2.45) is 0 Å². The van der Waals surface area contributed by atoms with E-state index in [1.165, 1.54) is 0 Å². The van der Waals surface area contributed by atoms with Crippen LogP contribution in [0.4, 0.5) is 30.7 Å². The van der Waals surface area contributed by atoms with Gasteiger partial charge in [-0.1, -0.05) is 11.6 Å². The van der Waals surface area contributed by atoms with Crippen molar-refractivity contribution in [2.45, 2.75) is 18.5 Å². The van der Waals surface area contributed by atoms with Gasteiger partial charge in [-0.2, -0.15) is 27.1 Å². The number of ether oxygens (including phenoxy) is 1. The third kappa shape index (κ3) is 3.97. The molecule has 0 unspecified atom stereocenters. The van der Waals surface area contributed by atoms with Crippen LogP contribution >= 0.6 is 11.6 Å². The summed E-state index contributed by atoms with van der Waals surface area (Å²) in [6, 6.07) is 3.57. The van der Waals surface area contributed by atoms with Gasteiger partial charge >= 0.3 is 12.1 Å². The van der Waals surface area contributed by atoms with E-state index in [4.69, 9.17) is 16.3 Å². The Morgan fingerprint density at radius 2 is 1.80 bits per heavy atom. The molecule has 0 bridgehead atoms. The van der Waals surface area contributed by atoms with Crippen molar-refractivity contribution >= 4 is 11.6 Å². The summed E-state index contributed by atoms with van der Waals surface area (Å²) in [5, 5.41) is 5.32. The van der Waals surface area contributed by atoms with Gasteiger partial charge in [0.05, 0.1) is 0 Å². The molecular formula is C16H8ClF7N4O2. The van der Waals surface area contributed by atoms with Gasteiger partial charge in [-0.25, -0.2) is 13.8 Å². The van der Waals surface area contributed by atoms with Crippen LogP contribution in [-0.2, 0) is 5.92 Å². The normalized spacial score (nSPS) is 12.4. The van der Waals surface area contributed by atoms with Crippen LogP contribution < -0.4 is 10.3 Å². The van der Waals surface area contributed by atoms with E-state index >= 15 is 0 Å². The number of alkyl halides is 7. The smallest absolute Gasteiger partial charge is 0.449 e. The minimum Gasteiger partial charge on any atom is -0.449 e. The molecule has 1 aromatic carbocycles. The summed E-state index contributed by atoms with van der Waals surface area (Å²) in [5.74, 6) is -8.43. The Morgan fingerprint density at radius 1 is 1.10 bits per heavy atom. The van der Waals surface area contributed by atoms with Gasteiger partial charge in [0.1, 0.15) is 11.4 Å². The lowest BCUT2D eigenvalue weighted by molar-refractivity contribution is -0.291. The molecule has 2 N–H and O–H groups in total. The third-order valence-electron chi connectivity index (χ3n) is 3.71. The number of halogens is 8. The minimum atomic E-state index is -6.13. The first-order valence-corrected chi connectivity index (χ1v) is 8.14. The van der Waals surface area contributed by atoms with Crippen LogP contribution in [-0.4, -0.2) is 26.3 Å². The number of rotatable bonds is 5. The maximum Gasteiger partial charge on any atom is 0.459 e. The van der Waals surface area contributed by atoms with Crippen molar-refractivity contribution in [3.05, 3.63) is 57.1 Å². The first-order chi connectivity index (χ1) is 13.9. The number of benzene rings is 1. The molecule has 0 amide bonds. The van der Waals surface area contributed by atoms with E-state index < -0.39 is 57.7 Å². The molecule has 160 valence electrons. The van der Waals surface area contributed by atoms with Crippen molar-refractivity contribution in [1.29, 1.82) is 0 Å². The SMILES string of the molecule is O=c1[nH]c(-c2ccn[nH]2)nc(C(F)(F)C(F)(F)F)c1Oc1ccc(Cl)c(C(F)F)c1. The third-order valence-corrected chi connectivity index (χ3v) is 4.05. The molecule has 0 saturated heterocycles. The van der Waals surface area contributed by atoms with Gasteiger partial charge in [0.2, 0.25) is 5.75 Å². The Bertz CT molecular complexity index is 1110. The minimum absolute atomic E-state index is 0.163. The topological polar surface area (TPSA) is 83.7 Å². The highest BCUT2D eigenvalue weighted by molar-refractivity contribution is 6.31. The van der Waals surface area contributed by atoms with Gasteiger partial charge in [-0.05, 0) is 24.3 Å². The van der Waals surface area contributed by atoms with Gasteiger partial charge in [0.25, 0.3) is 12.0 Å². The molecule has 0 saturated carbocycles. The second-order valence-electron chi connectivity index (χ2n) is 5.72. The van der Waals surface area contributed by atoms with Crippen LogP contribution in [0.5, 0.6) is 11.5 Å². The van der Waals surface area contributed by atoms with E-state index in [-0.39, 0.29) is 5.69 Å². The molecule has 0 aliphatic rings. The standard InChI is InChI=1S/C16H8ClF7N4O2/c17-8-2-1-6(5-7(8)12(18)19)30-10-11(15(20,21)16(22,23)24)26-13(27-14(10)29)9-3-4-25-28-9/h1-5,12H,(H,25,28)(H,26,27,29). The Kier molecular flexibility index (Phi) is 5.50. The zero-order chi connectivity index (χ0) is 22.3. The zero-order valence-electron chi connectivity index (χ0n) is 14.2. The first-order valence-electron chi connectivity index (χ1n) is 7.76.